The van der Waals surface area contributed by atoms with Gasteiger partial charge in [0.15, 0.2) is 0 Å². The van der Waals surface area contributed by atoms with Crippen LogP contribution in [0, 0.1) is 19.8 Å². The highest BCUT2D eigenvalue weighted by atomic mass is 16.6. The highest BCUT2D eigenvalue weighted by Gasteiger charge is 2.49. The van der Waals surface area contributed by atoms with Crippen LogP contribution in [0.25, 0.3) is 0 Å². The fraction of sp³-hybridized carbons (Fsp3) is 0.667. The third kappa shape index (κ3) is 8.44. The maximum atomic E-state index is 14.3. The molecular formula is C30H46N4O5. The number of nitrogens with zero attached hydrogens (tertiary/aromatic N) is 1. The van der Waals surface area contributed by atoms with Gasteiger partial charge >= 0.3 is 6.09 Å². The lowest BCUT2D eigenvalue weighted by molar-refractivity contribution is -0.144. The zero-order chi connectivity index (χ0) is 28.9. The number of amides is 4. The fourth-order valence-electron chi connectivity index (χ4n) is 5.53. The summed E-state index contributed by atoms with van der Waals surface area (Å²) in [5.41, 5.74) is 7.27. The second kappa shape index (κ2) is 12.8. The molecule has 3 rings (SSSR count). The van der Waals surface area contributed by atoms with Crippen LogP contribution >= 0.6 is 0 Å². The highest BCUT2D eigenvalue weighted by molar-refractivity contribution is 5.93. The standard InChI is InChI=1S/C30H46N4O5/c1-18-11-10-12-19(2)25(18)26(27(36)32-21-13-8-7-9-14-21)34(23-17-20(23)3)28(37)22(15-16-24(31)35)33-29(38)39-30(4,5)6/h10-12,20-23,26H,7-9,13-17H2,1-6H3,(H2,31,35)(H,32,36)(H,33,38). The number of carbonyl (C=O) groups is 4. The minimum atomic E-state index is -1.07. The van der Waals surface area contributed by atoms with Crippen LogP contribution in [0.4, 0.5) is 4.79 Å². The van der Waals surface area contributed by atoms with Crippen LogP contribution in [-0.2, 0) is 19.1 Å². The van der Waals surface area contributed by atoms with Crippen LogP contribution in [0.1, 0.15) is 102 Å². The van der Waals surface area contributed by atoms with E-state index in [0.29, 0.717) is 0 Å². The van der Waals surface area contributed by atoms with Crippen molar-refractivity contribution in [3.8, 4) is 0 Å². The van der Waals surface area contributed by atoms with Crippen molar-refractivity contribution in [1.82, 2.24) is 15.5 Å². The smallest absolute Gasteiger partial charge is 0.408 e. The second-order valence-electron chi connectivity index (χ2n) is 12.3. The Hall–Kier alpha value is -3.10. The summed E-state index contributed by atoms with van der Waals surface area (Å²) in [5, 5.41) is 5.92. The average molecular weight is 543 g/mol. The number of ether oxygens (including phenoxy) is 1. The van der Waals surface area contributed by atoms with Crippen molar-refractivity contribution >= 4 is 23.8 Å². The molecule has 4 N–H and O–H groups in total. The van der Waals surface area contributed by atoms with Crippen molar-refractivity contribution in [2.24, 2.45) is 11.7 Å². The molecule has 2 saturated carbocycles. The Morgan fingerprint density at radius 3 is 2.18 bits per heavy atom. The molecule has 9 nitrogen and oxygen atoms in total. The number of nitrogens with one attached hydrogen (secondary N) is 2. The number of primary amides is 1. The van der Waals surface area contributed by atoms with Gasteiger partial charge in [-0.3, -0.25) is 14.4 Å². The van der Waals surface area contributed by atoms with Gasteiger partial charge < -0.3 is 26.0 Å². The molecule has 2 aliphatic rings. The molecule has 0 aliphatic heterocycles. The molecule has 2 aliphatic carbocycles. The monoisotopic (exact) mass is 542 g/mol. The summed E-state index contributed by atoms with van der Waals surface area (Å²) in [7, 11) is 0. The summed E-state index contributed by atoms with van der Waals surface area (Å²) in [5.74, 6) is -1.01. The maximum absolute atomic E-state index is 14.3. The number of hydrogen-bond acceptors (Lipinski definition) is 5. The van der Waals surface area contributed by atoms with Gasteiger partial charge in [-0.25, -0.2) is 4.79 Å². The summed E-state index contributed by atoms with van der Waals surface area (Å²) >= 11 is 0. The van der Waals surface area contributed by atoms with Gasteiger partial charge in [0.2, 0.25) is 17.7 Å². The average Bonchev–Trinajstić information content (AvgIpc) is 3.55. The Balaban J connectivity index is 2.02. The lowest BCUT2D eigenvalue weighted by atomic mass is 9.91. The van der Waals surface area contributed by atoms with Gasteiger partial charge in [-0.15, -0.1) is 0 Å². The highest BCUT2D eigenvalue weighted by Crippen LogP contribution is 2.42. The Labute approximate surface area is 232 Å². The molecule has 1 aromatic rings. The van der Waals surface area contributed by atoms with E-state index in [0.717, 1.165) is 55.2 Å². The van der Waals surface area contributed by atoms with Crippen LogP contribution in [0.3, 0.4) is 0 Å². The Bertz CT molecular complexity index is 1040. The van der Waals surface area contributed by atoms with Crippen molar-refractivity contribution in [2.75, 3.05) is 0 Å². The number of hydrogen-bond donors (Lipinski definition) is 3. The topological polar surface area (TPSA) is 131 Å². The Kier molecular flexibility index (Phi) is 10.0. The first-order chi connectivity index (χ1) is 18.3. The van der Waals surface area contributed by atoms with Crippen LogP contribution in [0.5, 0.6) is 0 Å². The first-order valence-corrected chi connectivity index (χ1v) is 14.2. The predicted molar refractivity (Wildman–Crippen MR) is 150 cm³/mol. The summed E-state index contributed by atoms with van der Waals surface area (Å²) in [6.07, 6.45) is 5.03. The number of alkyl carbamates (subject to hydrolysis) is 1. The number of aryl methyl sites for hydroxylation is 2. The second-order valence-corrected chi connectivity index (χ2v) is 12.3. The van der Waals surface area contributed by atoms with E-state index in [4.69, 9.17) is 10.5 Å². The fourth-order valence-corrected chi connectivity index (χ4v) is 5.53. The summed E-state index contributed by atoms with van der Waals surface area (Å²) in [6.45, 7) is 11.1. The first kappa shape index (κ1) is 30.4. The van der Waals surface area contributed by atoms with Crippen LogP contribution in [0.15, 0.2) is 18.2 Å². The van der Waals surface area contributed by atoms with Crippen molar-refractivity contribution in [3.63, 3.8) is 0 Å². The molecule has 0 spiro atoms. The summed E-state index contributed by atoms with van der Waals surface area (Å²) in [6, 6.07) is 3.79. The summed E-state index contributed by atoms with van der Waals surface area (Å²) < 4.78 is 5.42. The first-order valence-electron chi connectivity index (χ1n) is 14.2. The molecule has 0 aromatic heterocycles. The van der Waals surface area contributed by atoms with Gasteiger partial charge in [0.25, 0.3) is 0 Å². The third-order valence-corrected chi connectivity index (χ3v) is 7.64. The van der Waals surface area contributed by atoms with Gasteiger partial charge in [0.05, 0.1) is 0 Å². The largest absolute Gasteiger partial charge is 0.444 e. The van der Waals surface area contributed by atoms with Gasteiger partial charge in [-0.2, -0.15) is 0 Å². The van der Waals surface area contributed by atoms with Gasteiger partial charge in [0, 0.05) is 18.5 Å². The van der Waals surface area contributed by atoms with E-state index in [2.05, 4.69) is 10.6 Å². The van der Waals surface area contributed by atoms with Crippen molar-refractivity contribution in [3.05, 3.63) is 34.9 Å². The quantitative estimate of drug-likeness (QED) is 0.408. The van der Waals surface area contributed by atoms with Crippen molar-refractivity contribution < 1.29 is 23.9 Å². The van der Waals surface area contributed by atoms with E-state index in [9.17, 15) is 19.2 Å². The molecule has 4 amide bonds. The Morgan fingerprint density at radius 2 is 1.67 bits per heavy atom. The number of carbonyl (C=O) groups excluding carboxylic acids is 4. The minimum absolute atomic E-state index is 0.00866. The van der Waals surface area contributed by atoms with Crippen LogP contribution in [-0.4, -0.2) is 52.4 Å². The molecule has 0 saturated heterocycles. The predicted octanol–water partition coefficient (Wildman–Crippen LogP) is 4.19. The Morgan fingerprint density at radius 1 is 1.08 bits per heavy atom. The van der Waals surface area contributed by atoms with E-state index in [1.807, 2.05) is 39.0 Å². The van der Waals surface area contributed by atoms with Crippen LogP contribution < -0.4 is 16.4 Å². The zero-order valence-corrected chi connectivity index (χ0v) is 24.3. The van der Waals surface area contributed by atoms with E-state index in [1.54, 1.807) is 25.7 Å². The van der Waals surface area contributed by atoms with Crippen molar-refractivity contribution in [1.29, 1.82) is 0 Å². The lowest BCUT2D eigenvalue weighted by Crippen LogP contribution is -2.55. The van der Waals surface area contributed by atoms with Gasteiger partial charge in [-0.1, -0.05) is 44.4 Å². The maximum Gasteiger partial charge on any atom is 0.408 e. The molecule has 4 unspecified atom stereocenters. The van der Waals surface area contributed by atoms with Gasteiger partial charge in [-0.05, 0) is 82.9 Å². The minimum Gasteiger partial charge on any atom is -0.444 e. The van der Waals surface area contributed by atoms with E-state index >= 15 is 0 Å². The number of rotatable bonds is 10. The molecule has 0 radical (unpaired) electrons. The molecule has 39 heavy (non-hydrogen) atoms. The molecule has 9 heteroatoms. The third-order valence-electron chi connectivity index (χ3n) is 7.64. The SMILES string of the molecule is Cc1cccc(C)c1C(C(=O)NC1CCCCC1)N(C(=O)C(CCC(N)=O)NC(=O)OC(C)(C)C)C1CC1C. The van der Waals surface area contributed by atoms with Crippen molar-refractivity contribution in [2.45, 2.75) is 123 Å². The van der Waals surface area contributed by atoms with E-state index in [-0.39, 0.29) is 36.8 Å². The lowest BCUT2D eigenvalue weighted by Gasteiger charge is -2.37. The molecule has 0 heterocycles. The van der Waals surface area contributed by atoms with Crippen LogP contribution in [0.2, 0.25) is 0 Å². The number of nitrogens with two attached hydrogens (primary N) is 1. The summed E-state index contributed by atoms with van der Waals surface area (Å²) in [4.78, 5) is 54.5. The zero-order valence-electron chi connectivity index (χ0n) is 24.3. The molecule has 1 aromatic carbocycles. The number of benzene rings is 1. The normalized spacial score (nSPS) is 20.9. The molecule has 2 fully saturated rings. The molecule has 0 bridgehead atoms. The molecule has 216 valence electrons. The van der Waals surface area contributed by atoms with E-state index in [1.165, 1.54) is 0 Å². The van der Waals surface area contributed by atoms with Gasteiger partial charge in [0.1, 0.15) is 17.7 Å². The molecule has 4 atom stereocenters. The van der Waals surface area contributed by atoms with E-state index < -0.39 is 35.6 Å². The molecular weight excluding hydrogens is 496 g/mol.